The number of nitrogens with two attached hydrogens (primary N) is 1. The van der Waals surface area contributed by atoms with Crippen molar-refractivity contribution in [3.05, 3.63) is 283 Å². The molecule has 0 bridgehead atoms. The summed E-state index contributed by atoms with van der Waals surface area (Å²) in [6.45, 7) is 0. The summed E-state index contributed by atoms with van der Waals surface area (Å²) in [5, 5.41) is 43.9. The SMILES string of the molecule is C#CCCCC(=O)Cl.C#CCCCC(=O)Nc1cccc2c1C(=O)C(Cl)=C(Cl)C2=O.Cl.Nc1cccc2c1C(=O)C(Cl)=C(Cl)C2=O.O=C1C(Cl)=C(Cl)C(=O)c2c1cccc2[N+](=O)[O-].O=C1C(Cl)=C(Cl)C(=O)c2c1cccc2[N+](=O)[O-].O=C1C(Cl)=C(Cl)C(=O)c2cc([N+](=O)[O-])ccc21.O=C1C(Cl)=C(Cl)C(=O)c2ccccc21.O=S(=O)(O)O.O=[N+]([O-])O.[Cl][Sn][Cl]. The van der Waals surface area contributed by atoms with Crippen LogP contribution in [0.1, 0.15) is 163 Å². The van der Waals surface area contributed by atoms with Gasteiger partial charge in [0.05, 0.1) is 31.6 Å². The monoisotopic (exact) mass is 2130 g/mol. The molecule has 0 aliphatic heterocycles. The third-order valence-corrected chi connectivity index (χ3v) is 20.0. The number of nitrogens with zero attached hydrogens (tertiary/aromatic N) is 4. The minimum absolute atomic E-state index is 0. The molecule has 6 N–H and O–H groups in total. The molecule has 0 saturated heterocycles. The molecule has 0 saturated carbocycles. The number of unbranched alkanes of at least 4 members (excludes halogenated alkanes) is 2. The van der Waals surface area contributed by atoms with Gasteiger partial charge in [-0.3, -0.25) is 107 Å². The van der Waals surface area contributed by atoms with Crippen LogP contribution in [-0.2, 0) is 20.0 Å². The van der Waals surface area contributed by atoms with E-state index in [0.29, 0.717) is 43.2 Å². The number of allylic oxidation sites excluding steroid dienone is 12. The summed E-state index contributed by atoms with van der Waals surface area (Å²) < 4.78 is 31.6. The number of anilines is 2. The van der Waals surface area contributed by atoms with Crippen LogP contribution in [0.25, 0.3) is 0 Å². The van der Waals surface area contributed by atoms with Gasteiger partial charge in [0.1, 0.15) is 71.5 Å². The number of hydrogen-bond donors (Lipinski definition) is 5. The molecule has 51 heteroatoms. The van der Waals surface area contributed by atoms with E-state index in [2.05, 4.69) is 17.2 Å². The number of terminal acetylenes is 2. The van der Waals surface area contributed by atoms with Gasteiger partial charge >= 0.3 is 47.1 Å². The van der Waals surface area contributed by atoms with E-state index in [4.69, 9.17) is 220 Å². The molecule has 1 amide bonds. The van der Waals surface area contributed by atoms with Gasteiger partial charge in [-0.2, -0.15) is 8.42 Å². The van der Waals surface area contributed by atoms with Gasteiger partial charge in [-0.25, -0.2) is 0 Å². The van der Waals surface area contributed by atoms with Crippen molar-refractivity contribution in [2.45, 2.75) is 38.5 Å². The van der Waals surface area contributed by atoms with Crippen LogP contribution < -0.4 is 11.1 Å². The number of nitro benzene ring substituents is 3. The van der Waals surface area contributed by atoms with E-state index in [-0.39, 0.29) is 138 Å². The molecule has 0 aromatic heterocycles. The molecule has 6 aromatic carbocycles. The molecule has 0 fully saturated rings. The van der Waals surface area contributed by atoms with Gasteiger partial charge in [-0.05, 0) is 54.8 Å². The van der Waals surface area contributed by atoms with E-state index in [9.17, 15) is 97.5 Å². The third kappa shape index (κ3) is 29.3. The molecule has 642 valence electrons. The number of carbonyl (C=O) groups excluding carboxylic acids is 14. The van der Waals surface area contributed by atoms with Crippen LogP contribution in [0, 0.1) is 65.1 Å². The molecule has 0 spiro atoms. The number of fused-ring (bicyclic) bond motifs is 6. The van der Waals surface area contributed by atoms with Crippen LogP contribution >= 0.6 is 181 Å². The first kappa shape index (κ1) is 110. The first-order chi connectivity index (χ1) is 56.9. The number of nitro groups is 3. The van der Waals surface area contributed by atoms with Crippen LogP contribution in [0.2, 0.25) is 0 Å². The van der Waals surface area contributed by atoms with E-state index in [1.807, 2.05) is 0 Å². The fourth-order valence-electron chi connectivity index (χ4n) is 9.73. The number of benzene rings is 6. The Morgan fingerprint density at radius 2 is 0.667 bits per heavy atom. The fourth-order valence-corrected chi connectivity index (χ4v) is 12.1. The third-order valence-electron chi connectivity index (χ3n) is 14.9. The summed E-state index contributed by atoms with van der Waals surface area (Å²) in [4.78, 5) is 201. The number of rotatable bonds is 10. The van der Waals surface area contributed by atoms with E-state index >= 15 is 0 Å². The Balaban J connectivity index is 0.000000479. The second-order valence-corrected chi connectivity index (χ2v) is 32.5. The van der Waals surface area contributed by atoms with Crippen LogP contribution in [0.15, 0.2) is 176 Å². The summed E-state index contributed by atoms with van der Waals surface area (Å²) in [5.41, 5.74) is 5.14. The fraction of sp³-hybridized carbons (Fsp3) is 0.0833. The topological polar surface area (TPSA) is 544 Å². The van der Waals surface area contributed by atoms with Gasteiger partial charge in [0.2, 0.25) is 80.5 Å². The van der Waals surface area contributed by atoms with Crippen molar-refractivity contribution in [2.75, 3.05) is 11.1 Å². The van der Waals surface area contributed by atoms with E-state index < -0.39 is 155 Å². The molecule has 0 atom stereocenters. The zero-order valence-electron chi connectivity index (χ0n) is 59.9. The first-order valence-electron chi connectivity index (χ1n) is 31.5. The molecular formula is C72H40Cl16N6O27SSn. The van der Waals surface area contributed by atoms with Crippen molar-refractivity contribution in [1.29, 1.82) is 0 Å². The number of nitrogen functional groups attached to an aromatic ring is 1. The molecular weight excluding hydrogens is 2100 g/mol. The van der Waals surface area contributed by atoms with E-state index in [1.54, 1.807) is 36.4 Å². The first-order valence-corrected chi connectivity index (χ1v) is 45.1. The predicted octanol–water partition coefficient (Wildman–Crippen LogP) is 18.6. The number of nitrogens with one attached hydrogen (secondary N) is 1. The van der Waals surface area contributed by atoms with E-state index in [1.165, 1.54) is 54.6 Å². The number of amides is 1. The summed E-state index contributed by atoms with van der Waals surface area (Å²) in [6, 6.07) is 26.5. The van der Waals surface area contributed by atoms with Crippen LogP contribution in [0.4, 0.5) is 28.4 Å². The number of ketones is 12. The average Bonchev–Trinajstić information content (AvgIpc) is 0.778. The Kier molecular flexibility index (Phi) is 45.0. The Labute approximate surface area is 778 Å². The number of Topliss-reactive ketones (excluding diaryl/α,β-unsaturated/α-hetero) is 12. The number of carbonyl (C=O) groups is 14. The maximum atomic E-state index is 12.2. The van der Waals surface area contributed by atoms with Gasteiger partial charge in [-0.1, -0.05) is 200 Å². The number of non-ortho nitro benzene ring substituents is 1. The van der Waals surface area contributed by atoms with E-state index in [0.717, 1.165) is 24.3 Å². The van der Waals surface area contributed by atoms with Crippen molar-refractivity contribution >= 4 is 319 Å². The summed E-state index contributed by atoms with van der Waals surface area (Å²) in [7, 11) is 5.20. The normalized spacial score (nSPS) is 13.7. The van der Waals surface area contributed by atoms with Crippen molar-refractivity contribution < 1.29 is 110 Å². The summed E-state index contributed by atoms with van der Waals surface area (Å²) in [5.74, 6) is -2.60. The second-order valence-electron chi connectivity index (χ2n) is 22.4. The van der Waals surface area contributed by atoms with Crippen LogP contribution in [-0.4, -0.2) is 142 Å². The van der Waals surface area contributed by atoms with Crippen molar-refractivity contribution in [1.82, 2.24) is 0 Å². The zero-order valence-corrected chi connectivity index (χ0v) is 75.7. The molecule has 2 radical (unpaired) electrons. The molecule has 33 nitrogen and oxygen atoms in total. The summed E-state index contributed by atoms with van der Waals surface area (Å²) >= 11 is 71.7. The molecule has 0 heterocycles. The van der Waals surface area contributed by atoms with Gasteiger partial charge in [0.25, 0.3) is 22.1 Å². The Morgan fingerprint density at radius 1 is 0.407 bits per heavy atom. The predicted molar refractivity (Wildman–Crippen MR) is 460 cm³/mol. The Morgan fingerprint density at radius 3 is 0.992 bits per heavy atom. The van der Waals surface area contributed by atoms with Crippen molar-refractivity contribution in [3.63, 3.8) is 0 Å². The van der Waals surface area contributed by atoms with Crippen LogP contribution in [0.3, 0.4) is 0 Å². The molecule has 123 heavy (non-hydrogen) atoms. The second kappa shape index (κ2) is 50.5. The average molecular weight is 2140 g/mol. The number of halogens is 16. The molecule has 6 aromatic rings. The summed E-state index contributed by atoms with van der Waals surface area (Å²) in [6.07, 6.45) is 13.0. The van der Waals surface area contributed by atoms with Gasteiger partial charge in [0, 0.05) is 100 Å². The standard InChI is InChI=1S/C16H11Cl2NO3.3C10H3Cl2NO4.C10H5Cl2NO2.C10H4Cl2O2.C6H7ClO.3ClH.HNO3.H2O4S.Sn/c1-2-3-4-8-11(20)19-10-7-5-6-9-12(10)16(22)14(18)13(17)15(9)21;11-7-8(12)10(15)6-3-4(13(16)17)1-2-5(6)9(7)14;2*11-7-8(12)10(15)6-4(9(7)14)2-1-3-5(6)13(16)17;11-7-8(12)10(15)6-4(9(7)14)2-1-3-5(6)13;11-7-8(12)10(14)6-4-2-1-3-5(6)9(7)13;1-2-3-4-5-6(7)8;;;;2-1(3)4;1-5(2,3)4;/h1,5-7H,3-4,8H2,(H,19,20);3*1-3H;1-3H,13H2;1-4H;1H,3-5H2;3*1H;(H,2,3,4);(H2,1,2,3,4);/q;;;;;;;;;;;;+2/p-2. The minimum atomic E-state index is -4.67. The Bertz CT molecular complexity index is 5770. The van der Waals surface area contributed by atoms with Gasteiger partial charge in [-0.15, -0.1) is 47.2 Å². The Hall–Kier alpha value is -9.43. The molecule has 6 aliphatic rings. The molecule has 0 unspecified atom stereocenters. The van der Waals surface area contributed by atoms with Gasteiger partial charge < -0.3 is 16.3 Å². The van der Waals surface area contributed by atoms with Crippen molar-refractivity contribution in [3.8, 4) is 24.7 Å². The van der Waals surface area contributed by atoms with Crippen LogP contribution in [0.5, 0.6) is 0 Å². The van der Waals surface area contributed by atoms with Crippen molar-refractivity contribution in [2.24, 2.45) is 0 Å². The maximum absolute atomic E-state index is 12.2. The number of hydrogen-bond acceptors (Lipinski definition) is 25. The molecule has 6 aliphatic carbocycles. The quantitative estimate of drug-likeness (QED) is 0.0124. The molecule has 12 rings (SSSR count). The van der Waals surface area contributed by atoms with Gasteiger partial charge in [0.15, 0.2) is 0 Å². The zero-order chi connectivity index (χ0) is 93.1.